The molecule has 154 valence electrons. The third-order valence-electron chi connectivity index (χ3n) is 5.79. The Balaban J connectivity index is 1.65. The fourth-order valence-electron chi connectivity index (χ4n) is 4.29. The topological polar surface area (TPSA) is 25.2 Å². The molecule has 31 heavy (non-hydrogen) atoms. The van der Waals surface area contributed by atoms with Gasteiger partial charge in [-0.3, -0.25) is 4.79 Å². The number of para-hydroxylation sites is 2. The van der Waals surface area contributed by atoms with E-state index in [2.05, 4.69) is 0 Å². The second-order valence-electron chi connectivity index (χ2n) is 7.55. The SMILES string of the molecule is CCN1C(=O)/C(=C/c2cn(Cc3c(F)cccc3Cl)c3ccccc23)c2ccccc21. The molecule has 0 radical (unpaired) electrons. The number of hydrogen-bond acceptors (Lipinski definition) is 1. The van der Waals surface area contributed by atoms with Crippen LogP contribution in [0.15, 0.2) is 72.9 Å². The van der Waals surface area contributed by atoms with Gasteiger partial charge in [-0.1, -0.05) is 54.1 Å². The lowest BCUT2D eigenvalue weighted by Gasteiger charge is -2.13. The van der Waals surface area contributed by atoms with E-state index in [9.17, 15) is 9.18 Å². The molecule has 4 aromatic rings. The number of carbonyl (C=O) groups is 1. The van der Waals surface area contributed by atoms with Crippen LogP contribution in [0, 0.1) is 5.82 Å². The molecule has 3 aromatic carbocycles. The van der Waals surface area contributed by atoms with Gasteiger partial charge in [-0.2, -0.15) is 0 Å². The standard InChI is InChI=1S/C26H20ClFN2O/c1-2-30-25-13-6-4-9-19(25)20(26(30)31)14-17-15-29(24-12-5-3-8-18(17)24)16-21-22(27)10-7-11-23(21)28/h3-15H,2,16H2,1H3/b20-14+. The Morgan fingerprint density at radius 2 is 1.77 bits per heavy atom. The first kappa shape index (κ1) is 19.6. The smallest absolute Gasteiger partial charge is 0.258 e. The molecule has 0 aliphatic carbocycles. The Hall–Kier alpha value is -3.37. The van der Waals surface area contributed by atoms with Crippen LogP contribution in [0.25, 0.3) is 22.6 Å². The molecule has 2 heterocycles. The van der Waals surface area contributed by atoms with Crippen molar-refractivity contribution in [2.75, 3.05) is 11.4 Å². The molecule has 1 aromatic heterocycles. The Morgan fingerprint density at radius 1 is 1.00 bits per heavy atom. The van der Waals surface area contributed by atoms with E-state index in [1.165, 1.54) is 6.07 Å². The summed E-state index contributed by atoms with van der Waals surface area (Å²) in [7, 11) is 0. The average Bonchev–Trinajstić information content (AvgIpc) is 3.26. The van der Waals surface area contributed by atoms with Gasteiger partial charge in [0.15, 0.2) is 0 Å². The number of hydrogen-bond donors (Lipinski definition) is 0. The Labute approximate surface area is 185 Å². The van der Waals surface area contributed by atoms with Crippen molar-refractivity contribution < 1.29 is 9.18 Å². The van der Waals surface area contributed by atoms with Crippen LogP contribution >= 0.6 is 11.6 Å². The maximum absolute atomic E-state index is 14.4. The zero-order valence-corrected chi connectivity index (χ0v) is 17.7. The summed E-state index contributed by atoms with van der Waals surface area (Å²) in [5.74, 6) is -0.332. The number of likely N-dealkylation sites (N-methyl/N-ethyl adjacent to an activating group) is 1. The molecule has 0 spiro atoms. The highest BCUT2D eigenvalue weighted by Gasteiger charge is 2.31. The summed E-state index contributed by atoms with van der Waals surface area (Å²) in [6.45, 7) is 2.89. The lowest BCUT2D eigenvalue weighted by Crippen LogP contribution is -2.25. The van der Waals surface area contributed by atoms with E-state index in [0.29, 0.717) is 29.2 Å². The van der Waals surface area contributed by atoms with Gasteiger partial charge >= 0.3 is 0 Å². The molecule has 5 rings (SSSR count). The molecule has 0 saturated carbocycles. The van der Waals surface area contributed by atoms with E-state index >= 15 is 0 Å². The van der Waals surface area contributed by atoms with Crippen LogP contribution in [-0.4, -0.2) is 17.0 Å². The maximum Gasteiger partial charge on any atom is 0.258 e. The molecule has 0 saturated heterocycles. The highest BCUT2D eigenvalue weighted by atomic mass is 35.5. The number of anilines is 1. The van der Waals surface area contributed by atoms with Crippen LogP contribution < -0.4 is 4.90 Å². The lowest BCUT2D eigenvalue weighted by atomic mass is 10.0. The zero-order chi connectivity index (χ0) is 21.5. The number of nitrogens with zero attached hydrogens (tertiary/aromatic N) is 2. The van der Waals surface area contributed by atoms with Crippen LogP contribution in [0.5, 0.6) is 0 Å². The first-order valence-corrected chi connectivity index (χ1v) is 10.6. The van der Waals surface area contributed by atoms with Gasteiger partial charge in [0.1, 0.15) is 5.82 Å². The Bertz CT molecular complexity index is 1330. The summed E-state index contributed by atoms with van der Waals surface area (Å²) >= 11 is 6.27. The molecule has 5 heteroatoms. The van der Waals surface area contributed by atoms with Gasteiger partial charge in [-0.25, -0.2) is 4.39 Å². The molecule has 0 unspecified atom stereocenters. The summed E-state index contributed by atoms with van der Waals surface area (Å²) in [6.07, 6.45) is 3.91. The molecule has 3 nitrogen and oxygen atoms in total. The monoisotopic (exact) mass is 430 g/mol. The minimum atomic E-state index is -0.330. The highest BCUT2D eigenvalue weighted by molar-refractivity contribution is 6.36. The first-order chi connectivity index (χ1) is 15.1. The van der Waals surface area contributed by atoms with Gasteiger partial charge in [0, 0.05) is 50.9 Å². The van der Waals surface area contributed by atoms with Gasteiger partial charge < -0.3 is 9.47 Å². The van der Waals surface area contributed by atoms with Crippen molar-refractivity contribution in [3.63, 3.8) is 0 Å². The van der Waals surface area contributed by atoms with E-state index in [1.807, 2.05) is 72.3 Å². The number of rotatable bonds is 4. The number of benzene rings is 3. The van der Waals surface area contributed by atoms with Crippen LogP contribution in [0.1, 0.15) is 23.6 Å². The van der Waals surface area contributed by atoms with Crippen LogP contribution in [0.3, 0.4) is 0 Å². The quantitative estimate of drug-likeness (QED) is 0.344. The van der Waals surface area contributed by atoms with Gasteiger partial charge in [0.25, 0.3) is 5.91 Å². The number of halogens is 2. The minimum Gasteiger partial charge on any atom is -0.342 e. The summed E-state index contributed by atoms with van der Waals surface area (Å²) in [6, 6.07) is 20.5. The van der Waals surface area contributed by atoms with Gasteiger partial charge in [-0.05, 0) is 37.3 Å². The van der Waals surface area contributed by atoms with Crippen molar-refractivity contribution in [2.24, 2.45) is 0 Å². The zero-order valence-electron chi connectivity index (χ0n) is 17.0. The second-order valence-corrected chi connectivity index (χ2v) is 7.96. The molecule has 1 aliphatic rings. The van der Waals surface area contributed by atoms with Gasteiger partial charge in [-0.15, -0.1) is 0 Å². The summed E-state index contributed by atoms with van der Waals surface area (Å²) in [5.41, 5.74) is 4.86. The first-order valence-electron chi connectivity index (χ1n) is 10.2. The van der Waals surface area contributed by atoms with Crippen LogP contribution in [0.4, 0.5) is 10.1 Å². The Kier molecular flexibility index (Phi) is 4.87. The van der Waals surface area contributed by atoms with Crippen molar-refractivity contribution in [1.29, 1.82) is 0 Å². The fraction of sp³-hybridized carbons (Fsp3) is 0.115. The third kappa shape index (κ3) is 3.24. The van der Waals surface area contributed by atoms with Crippen LogP contribution in [0.2, 0.25) is 5.02 Å². The molecule has 0 fully saturated rings. The van der Waals surface area contributed by atoms with Gasteiger partial charge in [0.05, 0.1) is 12.2 Å². The molecule has 1 amide bonds. The predicted octanol–water partition coefficient (Wildman–Crippen LogP) is 6.39. The maximum atomic E-state index is 14.4. The van der Waals surface area contributed by atoms with Crippen molar-refractivity contribution in [2.45, 2.75) is 13.5 Å². The number of aromatic nitrogens is 1. The molecule has 0 bridgehead atoms. The fourth-order valence-corrected chi connectivity index (χ4v) is 4.51. The molecular weight excluding hydrogens is 411 g/mol. The molecule has 1 aliphatic heterocycles. The van der Waals surface area contributed by atoms with E-state index in [4.69, 9.17) is 11.6 Å². The largest absolute Gasteiger partial charge is 0.342 e. The number of fused-ring (bicyclic) bond motifs is 2. The van der Waals surface area contributed by atoms with E-state index in [0.717, 1.165) is 27.7 Å². The summed E-state index contributed by atoms with van der Waals surface area (Å²) < 4.78 is 16.4. The molecule has 0 N–H and O–H groups in total. The highest BCUT2D eigenvalue weighted by Crippen LogP contribution is 2.38. The van der Waals surface area contributed by atoms with E-state index < -0.39 is 0 Å². The van der Waals surface area contributed by atoms with Crippen molar-refractivity contribution in [1.82, 2.24) is 4.57 Å². The third-order valence-corrected chi connectivity index (χ3v) is 6.14. The van der Waals surface area contributed by atoms with Crippen LogP contribution in [-0.2, 0) is 11.3 Å². The summed E-state index contributed by atoms with van der Waals surface area (Å²) in [5, 5.41) is 1.40. The Morgan fingerprint density at radius 3 is 2.58 bits per heavy atom. The molecular formula is C26H20ClFN2O. The molecule has 0 atom stereocenters. The van der Waals surface area contributed by atoms with E-state index in [-0.39, 0.29) is 11.7 Å². The van der Waals surface area contributed by atoms with E-state index in [1.54, 1.807) is 17.0 Å². The average molecular weight is 431 g/mol. The predicted molar refractivity (Wildman–Crippen MR) is 125 cm³/mol. The van der Waals surface area contributed by atoms with Crippen molar-refractivity contribution in [3.8, 4) is 0 Å². The summed E-state index contributed by atoms with van der Waals surface area (Å²) in [4.78, 5) is 14.9. The minimum absolute atomic E-state index is 0.00215. The van der Waals surface area contributed by atoms with Crippen molar-refractivity contribution >= 4 is 45.7 Å². The van der Waals surface area contributed by atoms with Gasteiger partial charge in [0.2, 0.25) is 0 Å². The number of carbonyl (C=O) groups excluding carboxylic acids is 1. The van der Waals surface area contributed by atoms with Crippen molar-refractivity contribution in [3.05, 3.63) is 100 Å². The second kappa shape index (κ2) is 7.71. The number of amides is 1. The normalized spacial score (nSPS) is 14.6. The lowest BCUT2D eigenvalue weighted by molar-refractivity contribution is -0.112.